The fourth-order valence-electron chi connectivity index (χ4n) is 6.86. The maximum atomic E-state index is 2.56. The van der Waals surface area contributed by atoms with Crippen molar-refractivity contribution in [1.82, 2.24) is 0 Å². The van der Waals surface area contributed by atoms with Gasteiger partial charge in [0.25, 0.3) is 0 Å². The summed E-state index contributed by atoms with van der Waals surface area (Å²) < 4.78 is 2.41. The van der Waals surface area contributed by atoms with Gasteiger partial charge in [-0.2, -0.15) is 0 Å². The molecule has 0 fully saturated rings. The maximum absolute atomic E-state index is 2.56. The third-order valence-corrected chi connectivity index (χ3v) is 21.2. The molecule has 0 aliphatic heterocycles. The van der Waals surface area contributed by atoms with Crippen molar-refractivity contribution in [3.05, 3.63) is 193 Å². The molecule has 234 valence electrons. The predicted octanol–water partition coefficient (Wildman–Crippen LogP) is 11.4. The third-order valence-electron chi connectivity index (χ3n) is 9.93. The molecule has 0 N–H and O–H groups in total. The number of allylic oxidation sites excluding steroid dienone is 5. The average molecular weight is 795 g/mol. The Morgan fingerprint density at radius 2 is 1.00 bits per heavy atom. The summed E-state index contributed by atoms with van der Waals surface area (Å²) in [4.78, 5) is 0. The van der Waals surface area contributed by atoms with Crippen LogP contribution in [0.3, 0.4) is 0 Å². The molecule has 0 saturated heterocycles. The Labute approximate surface area is 295 Å². The predicted molar refractivity (Wildman–Crippen MR) is 201 cm³/mol. The molecule has 5 aromatic rings. The summed E-state index contributed by atoms with van der Waals surface area (Å²) in [6.07, 6.45) is 4.82. The van der Waals surface area contributed by atoms with Gasteiger partial charge in [0.05, 0.1) is 0 Å². The van der Waals surface area contributed by atoms with E-state index >= 15 is 0 Å². The van der Waals surface area contributed by atoms with Crippen LogP contribution in [0, 0.1) is 5.41 Å². The van der Waals surface area contributed by atoms with Crippen LogP contribution >= 0.6 is 7.92 Å². The Kier molecular flexibility index (Phi) is 10.9. The van der Waals surface area contributed by atoms with Gasteiger partial charge in [0.2, 0.25) is 0 Å². The van der Waals surface area contributed by atoms with E-state index in [1.54, 1.807) is 25.4 Å². The molecule has 0 heterocycles. The Bertz CT molecular complexity index is 1800. The number of aryl methyl sites for hydroxylation is 2. The molecule has 2 aliphatic carbocycles. The van der Waals surface area contributed by atoms with E-state index < -0.39 is 30.8 Å². The van der Waals surface area contributed by atoms with Crippen molar-refractivity contribution >= 4 is 24.6 Å². The fourth-order valence-corrected chi connectivity index (χ4v) is 18.1. The summed E-state index contributed by atoms with van der Waals surface area (Å²) in [6, 6.07) is 52.9. The number of fused-ring (bicyclic) bond motifs is 1. The zero-order valence-corrected chi connectivity index (χ0v) is 32.9. The van der Waals surface area contributed by atoms with E-state index in [4.69, 9.17) is 0 Å². The molecule has 0 radical (unpaired) electrons. The van der Waals surface area contributed by atoms with E-state index in [1.807, 2.05) is 0 Å². The smallest absolute Gasteiger partial charge is 0.0238 e. The molecule has 1 atom stereocenters. The molecule has 0 aromatic heterocycles. The molecule has 2 aliphatic rings. The summed E-state index contributed by atoms with van der Waals surface area (Å²) in [5.74, 6) is 0. The van der Waals surface area contributed by atoms with Crippen LogP contribution in [-0.2, 0) is 35.7 Å². The summed E-state index contributed by atoms with van der Waals surface area (Å²) in [6.45, 7) is 12.0. The van der Waals surface area contributed by atoms with Crippen LogP contribution in [0.4, 0.5) is 0 Å². The minimum absolute atomic E-state index is 0.210. The Morgan fingerprint density at radius 1 is 0.553 bits per heavy atom. The largest absolute Gasteiger partial charge is 0.0622 e. The van der Waals surface area contributed by atoms with Gasteiger partial charge in [-0.3, -0.25) is 0 Å². The van der Waals surface area contributed by atoms with Crippen LogP contribution in [0.1, 0.15) is 60.5 Å². The molecule has 0 spiro atoms. The molecule has 0 bridgehead atoms. The van der Waals surface area contributed by atoms with Crippen molar-refractivity contribution < 1.29 is 22.9 Å². The second-order valence-corrected chi connectivity index (χ2v) is 20.3. The van der Waals surface area contributed by atoms with Crippen LogP contribution in [0.25, 0.3) is 6.08 Å². The van der Waals surface area contributed by atoms with Crippen molar-refractivity contribution in [2.75, 3.05) is 0 Å². The second kappa shape index (κ2) is 15.2. The zero-order chi connectivity index (χ0) is 32.8. The van der Waals surface area contributed by atoms with Crippen LogP contribution in [0.2, 0.25) is 0 Å². The number of hydrogen-bond donors (Lipinski definition) is 0. The van der Waals surface area contributed by atoms with Gasteiger partial charge >= 0.3 is 213 Å². The topological polar surface area (TPSA) is 0 Å². The van der Waals surface area contributed by atoms with Crippen molar-refractivity contribution in [3.63, 3.8) is 0 Å². The van der Waals surface area contributed by atoms with Crippen LogP contribution in [0.5, 0.6) is 0 Å². The summed E-state index contributed by atoms with van der Waals surface area (Å²) in [5, 5.41) is 4.60. The van der Waals surface area contributed by atoms with Gasteiger partial charge < -0.3 is 0 Å². The summed E-state index contributed by atoms with van der Waals surface area (Å²) in [5.41, 5.74) is 10.8. The SMILES string of the molecule is CC1=C(C)C(C)(C)[C]([Hf][CH]2C(P(c3ccccc3)c3ccccc3)=Cc3ccccc32)=C1C.c1ccc(CCc2ccccc2)cc1. The first kappa shape index (κ1) is 33.5. The van der Waals surface area contributed by atoms with Gasteiger partial charge in [-0.1, -0.05) is 60.7 Å². The van der Waals surface area contributed by atoms with Gasteiger partial charge in [-0.25, -0.2) is 0 Å². The first-order chi connectivity index (χ1) is 22.8. The molecule has 0 saturated carbocycles. The van der Waals surface area contributed by atoms with E-state index in [2.05, 4.69) is 186 Å². The molecule has 0 nitrogen and oxygen atoms in total. The first-order valence-electron chi connectivity index (χ1n) is 16.8. The van der Waals surface area contributed by atoms with Gasteiger partial charge in [0.15, 0.2) is 0 Å². The van der Waals surface area contributed by atoms with Crippen molar-refractivity contribution in [2.45, 2.75) is 51.1 Å². The molecule has 0 amide bonds. The molecule has 5 aromatic carbocycles. The van der Waals surface area contributed by atoms with E-state index in [-0.39, 0.29) is 5.41 Å². The van der Waals surface area contributed by atoms with Crippen LogP contribution in [-0.4, -0.2) is 0 Å². The van der Waals surface area contributed by atoms with Crippen molar-refractivity contribution in [2.24, 2.45) is 5.41 Å². The molecule has 7 rings (SSSR count). The van der Waals surface area contributed by atoms with E-state index in [0.717, 1.165) is 12.8 Å². The third kappa shape index (κ3) is 7.53. The molecular weight excluding hydrogens is 750 g/mol. The number of benzene rings is 5. The van der Waals surface area contributed by atoms with Gasteiger partial charge in [-0.05, 0) is 24.0 Å². The van der Waals surface area contributed by atoms with Gasteiger partial charge in [0.1, 0.15) is 0 Å². The van der Waals surface area contributed by atoms with E-state index in [9.17, 15) is 0 Å². The quantitative estimate of drug-likeness (QED) is 0.108. The van der Waals surface area contributed by atoms with Gasteiger partial charge in [-0.15, -0.1) is 0 Å². The molecular formula is C45H45HfP. The van der Waals surface area contributed by atoms with E-state index in [1.165, 1.54) is 32.9 Å². The number of hydrogen-bond acceptors (Lipinski definition) is 0. The first-order valence-corrected chi connectivity index (χ1v) is 22.0. The Hall–Kier alpha value is -3.38. The average Bonchev–Trinajstić information content (AvgIpc) is 3.54. The van der Waals surface area contributed by atoms with Gasteiger partial charge in [0, 0.05) is 0 Å². The standard InChI is InChI=1S/C21H16P.C14H14.C10H15.Hf/c1-3-11-19(12-4-1)22(20-13-5-2-6-14-20)21-15-17-9-7-8-10-18(17)16-21;1-3-7-13(8-4-1)11-12-14-9-5-2-6-10-14;1-7-6-10(4,5)9(3)8(7)2;/h1-16H;1-10H,11-12H2;1-5H3;. The van der Waals surface area contributed by atoms with Crippen molar-refractivity contribution in [1.29, 1.82) is 0 Å². The minimum atomic E-state index is -1.24. The minimum Gasteiger partial charge on any atom is -0.0622 e. The molecule has 2 heteroatoms. The maximum Gasteiger partial charge on any atom is -0.0238 e. The fraction of sp³-hybridized carbons (Fsp3) is 0.200. The monoisotopic (exact) mass is 796 g/mol. The molecule has 47 heavy (non-hydrogen) atoms. The Balaban J connectivity index is 0.000000230. The normalized spacial score (nSPS) is 16.5. The summed E-state index contributed by atoms with van der Waals surface area (Å²) >= 11 is -1.24. The van der Waals surface area contributed by atoms with Crippen LogP contribution in [0.15, 0.2) is 171 Å². The molecule has 1 unspecified atom stereocenters. The van der Waals surface area contributed by atoms with Crippen LogP contribution < -0.4 is 10.6 Å². The second-order valence-electron chi connectivity index (χ2n) is 13.1. The zero-order valence-electron chi connectivity index (χ0n) is 28.4. The summed E-state index contributed by atoms with van der Waals surface area (Å²) in [7, 11) is -0.552. The van der Waals surface area contributed by atoms with E-state index in [0.29, 0.717) is 3.67 Å². The van der Waals surface area contributed by atoms with Crippen molar-refractivity contribution in [3.8, 4) is 0 Å². The number of rotatable bonds is 8. The Morgan fingerprint density at radius 3 is 1.47 bits per heavy atom.